The van der Waals surface area contributed by atoms with Crippen LogP contribution in [0.15, 0.2) is 71.1 Å². The molecular formula is C28H31NO5. The Hall–Kier alpha value is -3.54. The number of hydrogen-bond donors (Lipinski definition) is 1. The summed E-state index contributed by atoms with van der Waals surface area (Å²) in [6.45, 7) is 6.18. The van der Waals surface area contributed by atoms with E-state index in [1.807, 2.05) is 49.4 Å². The van der Waals surface area contributed by atoms with Crippen LogP contribution in [0.4, 0.5) is 0 Å². The summed E-state index contributed by atoms with van der Waals surface area (Å²) in [5.74, 6) is 0.165. The number of Topliss-reactive ketones (excluding diaryl/α,β-unsaturated/α-hetero) is 1. The van der Waals surface area contributed by atoms with E-state index in [4.69, 9.17) is 14.2 Å². The molecule has 0 unspecified atom stereocenters. The lowest BCUT2D eigenvalue weighted by molar-refractivity contribution is -0.140. The average molecular weight is 462 g/mol. The molecule has 0 fully saturated rings. The summed E-state index contributed by atoms with van der Waals surface area (Å²) >= 11 is 0. The van der Waals surface area contributed by atoms with Gasteiger partial charge in [-0.25, -0.2) is 4.79 Å². The molecule has 178 valence electrons. The van der Waals surface area contributed by atoms with Crippen molar-refractivity contribution in [1.82, 2.24) is 5.32 Å². The van der Waals surface area contributed by atoms with Gasteiger partial charge in [0.25, 0.3) is 0 Å². The quantitative estimate of drug-likeness (QED) is 0.607. The maximum absolute atomic E-state index is 13.5. The number of carbonyl (C=O) groups is 2. The first kappa shape index (κ1) is 23.6. The van der Waals surface area contributed by atoms with Gasteiger partial charge in [0.2, 0.25) is 0 Å². The second-order valence-electron chi connectivity index (χ2n) is 9.60. The normalized spacial score (nSPS) is 19.3. The molecule has 6 nitrogen and oxygen atoms in total. The third kappa shape index (κ3) is 4.58. The molecule has 6 heteroatoms. The zero-order chi connectivity index (χ0) is 24.5. The summed E-state index contributed by atoms with van der Waals surface area (Å²) in [5.41, 5.74) is 4.05. The van der Waals surface area contributed by atoms with Crippen LogP contribution in [0.5, 0.6) is 11.5 Å². The molecule has 0 bridgehead atoms. The number of dihydropyridines is 1. The molecule has 2 aromatic carbocycles. The van der Waals surface area contributed by atoms with Crippen LogP contribution >= 0.6 is 0 Å². The lowest BCUT2D eigenvalue weighted by Gasteiger charge is -2.39. The molecule has 0 saturated heterocycles. The fourth-order valence-corrected chi connectivity index (χ4v) is 4.88. The molecule has 1 aliphatic carbocycles. The van der Waals surface area contributed by atoms with Crippen LogP contribution in [0.1, 0.15) is 50.7 Å². The second-order valence-corrected chi connectivity index (χ2v) is 9.60. The SMILES string of the molecule is COc1ccc([C@@H]2C(C(=O)OCc3ccccc3)=C(C)NC3=C2C(=O)CC(C)(C)C3)c(OC)c1. The molecule has 1 aliphatic heterocycles. The van der Waals surface area contributed by atoms with Gasteiger partial charge in [0.05, 0.1) is 25.7 Å². The predicted molar refractivity (Wildman–Crippen MR) is 129 cm³/mol. The van der Waals surface area contributed by atoms with E-state index in [-0.39, 0.29) is 17.8 Å². The van der Waals surface area contributed by atoms with E-state index in [2.05, 4.69) is 19.2 Å². The Balaban J connectivity index is 1.80. The molecule has 2 aromatic rings. The number of esters is 1. The van der Waals surface area contributed by atoms with Crippen molar-refractivity contribution in [2.24, 2.45) is 5.41 Å². The summed E-state index contributed by atoms with van der Waals surface area (Å²) in [7, 11) is 3.16. The molecule has 2 aliphatic rings. The zero-order valence-electron chi connectivity index (χ0n) is 20.4. The standard InChI is InChI=1S/C28H31NO5/c1-17-24(27(31)34-16-18-9-7-6-8-10-18)25(20-12-11-19(32-4)13-23(20)33-5)26-21(29-17)14-28(2,3)15-22(26)30/h6-13,25,29H,14-16H2,1-5H3/t25-/m1/s1. The lowest BCUT2D eigenvalue weighted by atomic mass is 9.68. The third-order valence-corrected chi connectivity index (χ3v) is 6.42. The van der Waals surface area contributed by atoms with Crippen LogP contribution in [-0.2, 0) is 20.9 Å². The number of ether oxygens (including phenoxy) is 3. The first-order valence-corrected chi connectivity index (χ1v) is 11.4. The summed E-state index contributed by atoms with van der Waals surface area (Å²) in [6.07, 6.45) is 1.13. The van der Waals surface area contributed by atoms with Crippen molar-refractivity contribution in [3.63, 3.8) is 0 Å². The Morgan fingerprint density at radius 2 is 1.79 bits per heavy atom. The summed E-state index contributed by atoms with van der Waals surface area (Å²) in [4.78, 5) is 26.9. The van der Waals surface area contributed by atoms with Crippen LogP contribution in [0.2, 0.25) is 0 Å². The first-order chi connectivity index (χ1) is 16.2. The minimum atomic E-state index is -0.594. The first-order valence-electron chi connectivity index (χ1n) is 11.4. The van der Waals surface area contributed by atoms with E-state index < -0.39 is 11.9 Å². The van der Waals surface area contributed by atoms with Crippen molar-refractivity contribution in [3.05, 3.63) is 82.2 Å². The Bertz CT molecular complexity index is 1180. The number of nitrogens with one attached hydrogen (secondary N) is 1. The molecule has 1 atom stereocenters. The Morgan fingerprint density at radius 1 is 1.06 bits per heavy atom. The van der Waals surface area contributed by atoms with E-state index in [0.717, 1.165) is 16.8 Å². The highest BCUT2D eigenvalue weighted by Gasteiger charge is 2.44. The van der Waals surface area contributed by atoms with Crippen LogP contribution in [-0.4, -0.2) is 26.0 Å². The highest BCUT2D eigenvalue weighted by molar-refractivity contribution is 6.04. The average Bonchev–Trinajstić information content (AvgIpc) is 2.81. The molecule has 0 radical (unpaired) electrons. The van der Waals surface area contributed by atoms with E-state index in [0.29, 0.717) is 41.2 Å². The highest BCUT2D eigenvalue weighted by Crippen LogP contribution is 2.49. The maximum Gasteiger partial charge on any atom is 0.337 e. The number of carbonyl (C=O) groups excluding carboxylic acids is 2. The van der Waals surface area contributed by atoms with Crippen molar-refractivity contribution in [2.45, 2.75) is 46.1 Å². The Labute approximate surface area is 200 Å². The van der Waals surface area contributed by atoms with Gasteiger partial charge in [-0.3, -0.25) is 4.79 Å². The van der Waals surface area contributed by atoms with Gasteiger partial charge in [-0.1, -0.05) is 50.2 Å². The van der Waals surface area contributed by atoms with Gasteiger partial charge >= 0.3 is 5.97 Å². The molecule has 34 heavy (non-hydrogen) atoms. The van der Waals surface area contributed by atoms with Gasteiger partial charge in [0, 0.05) is 35.0 Å². The molecule has 0 amide bonds. The van der Waals surface area contributed by atoms with Crippen LogP contribution in [0, 0.1) is 5.41 Å². The van der Waals surface area contributed by atoms with E-state index in [1.54, 1.807) is 20.3 Å². The number of ketones is 1. The number of methoxy groups -OCH3 is 2. The van der Waals surface area contributed by atoms with Gasteiger partial charge < -0.3 is 19.5 Å². The van der Waals surface area contributed by atoms with E-state index in [9.17, 15) is 9.59 Å². The van der Waals surface area contributed by atoms with Crippen molar-refractivity contribution in [1.29, 1.82) is 0 Å². The topological polar surface area (TPSA) is 73.9 Å². The van der Waals surface area contributed by atoms with Crippen molar-refractivity contribution in [3.8, 4) is 11.5 Å². The molecular weight excluding hydrogens is 430 g/mol. The number of hydrogen-bond acceptors (Lipinski definition) is 6. The molecule has 1 heterocycles. The third-order valence-electron chi connectivity index (χ3n) is 6.42. The maximum atomic E-state index is 13.5. The van der Waals surface area contributed by atoms with Crippen molar-refractivity contribution < 1.29 is 23.8 Å². The van der Waals surface area contributed by atoms with Gasteiger partial charge in [-0.2, -0.15) is 0 Å². The number of benzene rings is 2. The summed E-state index contributed by atoms with van der Waals surface area (Å²) in [5, 5.41) is 3.37. The molecule has 4 rings (SSSR count). The summed E-state index contributed by atoms with van der Waals surface area (Å²) < 4.78 is 16.8. The minimum absolute atomic E-state index is 0.0301. The molecule has 0 spiro atoms. The molecule has 1 N–H and O–H groups in total. The molecule has 0 aromatic heterocycles. The largest absolute Gasteiger partial charge is 0.497 e. The van der Waals surface area contributed by atoms with Crippen molar-refractivity contribution >= 4 is 11.8 Å². The highest BCUT2D eigenvalue weighted by atomic mass is 16.5. The Morgan fingerprint density at radius 3 is 2.47 bits per heavy atom. The summed E-state index contributed by atoms with van der Waals surface area (Å²) in [6, 6.07) is 15.0. The number of rotatable bonds is 6. The van der Waals surface area contributed by atoms with Gasteiger partial charge in [0.1, 0.15) is 18.1 Å². The zero-order valence-corrected chi connectivity index (χ0v) is 20.4. The smallest absolute Gasteiger partial charge is 0.337 e. The van der Waals surface area contributed by atoms with Gasteiger partial charge in [-0.05, 0) is 30.4 Å². The number of allylic oxidation sites excluding steroid dienone is 3. The van der Waals surface area contributed by atoms with E-state index >= 15 is 0 Å². The fraction of sp³-hybridized carbons (Fsp3) is 0.357. The van der Waals surface area contributed by atoms with Crippen molar-refractivity contribution in [2.75, 3.05) is 14.2 Å². The monoisotopic (exact) mass is 461 g/mol. The van der Waals surface area contributed by atoms with E-state index in [1.165, 1.54) is 0 Å². The minimum Gasteiger partial charge on any atom is -0.497 e. The van der Waals surface area contributed by atoms with Gasteiger partial charge in [-0.15, -0.1) is 0 Å². The Kier molecular flexibility index (Phi) is 6.51. The van der Waals surface area contributed by atoms with Crippen LogP contribution in [0.3, 0.4) is 0 Å². The van der Waals surface area contributed by atoms with Crippen LogP contribution < -0.4 is 14.8 Å². The van der Waals surface area contributed by atoms with Crippen LogP contribution in [0.25, 0.3) is 0 Å². The molecule has 0 saturated carbocycles. The lowest BCUT2D eigenvalue weighted by Crippen LogP contribution is -2.38. The van der Waals surface area contributed by atoms with Gasteiger partial charge in [0.15, 0.2) is 5.78 Å². The second kappa shape index (κ2) is 9.37. The predicted octanol–water partition coefficient (Wildman–Crippen LogP) is 5.05. The fourth-order valence-electron chi connectivity index (χ4n) is 4.88.